The maximum Gasteiger partial charge on any atom is 0.128 e. The molecule has 2 rings (SSSR count). The van der Waals surface area contributed by atoms with Crippen LogP contribution >= 0.6 is 0 Å². The second kappa shape index (κ2) is 5.32. The molecule has 0 aliphatic carbocycles. The molecule has 5 heteroatoms. The van der Waals surface area contributed by atoms with Gasteiger partial charge in [0.05, 0.1) is 6.04 Å². The Labute approximate surface area is 110 Å². The van der Waals surface area contributed by atoms with E-state index in [1.807, 2.05) is 13.0 Å². The standard InChI is InChI=1S/C14H15F2N3/c1-8-5-11(14(17)19-7-8)13(18-2)10-6-9(15)3-4-12(10)16/h3-7,13,18H,1-2H3,(H2,17,19). The van der Waals surface area contributed by atoms with E-state index in [9.17, 15) is 8.78 Å². The van der Waals surface area contributed by atoms with E-state index >= 15 is 0 Å². The highest BCUT2D eigenvalue weighted by molar-refractivity contribution is 5.47. The number of halogens is 2. The summed E-state index contributed by atoms with van der Waals surface area (Å²) >= 11 is 0. The third kappa shape index (κ3) is 2.71. The molecule has 0 spiro atoms. The molecule has 0 aliphatic rings. The Morgan fingerprint density at radius 2 is 1.95 bits per heavy atom. The summed E-state index contributed by atoms with van der Waals surface area (Å²) in [7, 11) is 1.66. The minimum Gasteiger partial charge on any atom is -0.383 e. The lowest BCUT2D eigenvalue weighted by atomic mass is 9.97. The van der Waals surface area contributed by atoms with Gasteiger partial charge in [-0.05, 0) is 43.8 Å². The fourth-order valence-corrected chi connectivity index (χ4v) is 2.05. The average molecular weight is 263 g/mol. The average Bonchev–Trinajstić information content (AvgIpc) is 2.38. The van der Waals surface area contributed by atoms with Crippen LogP contribution in [0, 0.1) is 18.6 Å². The van der Waals surface area contributed by atoms with Gasteiger partial charge >= 0.3 is 0 Å². The third-order valence-corrected chi connectivity index (χ3v) is 2.95. The monoisotopic (exact) mass is 263 g/mol. The first-order chi connectivity index (χ1) is 9.02. The number of nitrogens with one attached hydrogen (secondary N) is 1. The van der Waals surface area contributed by atoms with Gasteiger partial charge in [-0.15, -0.1) is 0 Å². The topological polar surface area (TPSA) is 50.9 Å². The Bertz CT molecular complexity index is 548. The van der Waals surface area contributed by atoms with E-state index in [-0.39, 0.29) is 5.56 Å². The van der Waals surface area contributed by atoms with Crippen LogP contribution in [-0.2, 0) is 0 Å². The molecule has 1 aromatic carbocycles. The predicted octanol–water partition coefficient (Wildman–Crippen LogP) is 2.56. The van der Waals surface area contributed by atoms with Gasteiger partial charge in [0.1, 0.15) is 17.5 Å². The van der Waals surface area contributed by atoms with Gasteiger partial charge < -0.3 is 11.1 Å². The molecule has 100 valence electrons. The molecule has 2 aromatic rings. The quantitative estimate of drug-likeness (QED) is 0.894. The number of aryl methyl sites for hydroxylation is 1. The minimum absolute atomic E-state index is 0.210. The first kappa shape index (κ1) is 13.4. The Kier molecular flexibility index (Phi) is 3.76. The van der Waals surface area contributed by atoms with Gasteiger partial charge in [-0.3, -0.25) is 0 Å². The lowest BCUT2D eigenvalue weighted by Gasteiger charge is -2.19. The van der Waals surface area contributed by atoms with Crippen LogP contribution in [0.2, 0.25) is 0 Å². The molecular formula is C14H15F2N3. The van der Waals surface area contributed by atoms with Crippen LogP contribution in [0.3, 0.4) is 0 Å². The van der Waals surface area contributed by atoms with E-state index in [1.54, 1.807) is 13.2 Å². The van der Waals surface area contributed by atoms with E-state index in [0.717, 1.165) is 23.8 Å². The van der Waals surface area contributed by atoms with Crippen LogP contribution in [0.5, 0.6) is 0 Å². The Hall–Kier alpha value is -2.01. The second-order valence-electron chi connectivity index (χ2n) is 4.37. The highest BCUT2D eigenvalue weighted by Gasteiger charge is 2.20. The van der Waals surface area contributed by atoms with Gasteiger partial charge in [-0.25, -0.2) is 13.8 Å². The largest absolute Gasteiger partial charge is 0.383 e. The summed E-state index contributed by atoms with van der Waals surface area (Å²) < 4.78 is 27.2. The van der Waals surface area contributed by atoms with Gasteiger partial charge in [0, 0.05) is 17.3 Å². The summed E-state index contributed by atoms with van der Waals surface area (Å²) in [5, 5.41) is 2.94. The van der Waals surface area contributed by atoms with Crippen molar-refractivity contribution in [2.45, 2.75) is 13.0 Å². The van der Waals surface area contributed by atoms with Crippen molar-refractivity contribution in [2.24, 2.45) is 0 Å². The Morgan fingerprint density at radius 1 is 1.21 bits per heavy atom. The van der Waals surface area contributed by atoms with E-state index < -0.39 is 17.7 Å². The van der Waals surface area contributed by atoms with Crippen molar-refractivity contribution in [1.29, 1.82) is 0 Å². The number of anilines is 1. The van der Waals surface area contributed by atoms with Gasteiger partial charge in [0.25, 0.3) is 0 Å². The lowest BCUT2D eigenvalue weighted by molar-refractivity contribution is 0.558. The fraction of sp³-hybridized carbons (Fsp3) is 0.214. The van der Waals surface area contributed by atoms with Crippen LogP contribution < -0.4 is 11.1 Å². The molecule has 1 unspecified atom stereocenters. The Balaban J connectivity index is 2.55. The number of hydrogen-bond acceptors (Lipinski definition) is 3. The maximum atomic E-state index is 13.9. The van der Waals surface area contributed by atoms with E-state index in [2.05, 4.69) is 10.3 Å². The highest BCUT2D eigenvalue weighted by atomic mass is 19.1. The number of rotatable bonds is 3. The smallest absolute Gasteiger partial charge is 0.128 e. The van der Waals surface area contributed by atoms with Crippen LogP contribution in [-0.4, -0.2) is 12.0 Å². The van der Waals surface area contributed by atoms with Crippen molar-refractivity contribution in [2.75, 3.05) is 12.8 Å². The summed E-state index contributed by atoms with van der Waals surface area (Å²) in [5.74, 6) is -0.675. The number of nitrogens with two attached hydrogens (primary N) is 1. The second-order valence-corrected chi connectivity index (χ2v) is 4.37. The zero-order chi connectivity index (χ0) is 14.0. The number of nitrogen functional groups attached to an aromatic ring is 1. The molecule has 0 fully saturated rings. The number of benzene rings is 1. The molecule has 3 N–H and O–H groups in total. The SMILES string of the molecule is CNC(c1cc(F)ccc1F)c1cc(C)cnc1N. The minimum atomic E-state index is -0.539. The van der Waals surface area contributed by atoms with Crippen molar-refractivity contribution in [3.63, 3.8) is 0 Å². The maximum absolute atomic E-state index is 13.9. The number of pyridine rings is 1. The normalized spacial score (nSPS) is 12.4. The molecule has 0 amide bonds. The van der Waals surface area contributed by atoms with Crippen LogP contribution in [0.25, 0.3) is 0 Å². The molecule has 0 aliphatic heterocycles. The van der Waals surface area contributed by atoms with Crippen LogP contribution in [0.4, 0.5) is 14.6 Å². The number of hydrogen-bond donors (Lipinski definition) is 2. The number of nitrogens with zero attached hydrogens (tertiary/aromatic N) is 1. The van der Waals surface area contributed by atoms with Crippen molar-refractivity contribution < 1.29 is 8.78 Å². The van der Waals surface area contributed by atoms with Crippen molar-refractivity contribution >= 4 is 5.82 Å². The summed E-state index contributed by atoms with van der Waals surface area (Å²) in [6.45, 7) is 1.87. The molecule has 0 radical (unpaired) electrons. The van der Waals surface area contributed by atoms with Crippen LogP contribution in [0.1, 0.15) is 22.7 Å². The van der Waals surface area contributed by atoms with Crippen molar-refractivity contribution in [1.82, 2.24) is 10.3 Å². The fourth-order valence-electron chi connectivity index (χ4n) is 2.05. The van der Waals surface area contributed by atoms with E-state index in [0.29, 0.717) is 11.4 Å². The first-order valence-electron chi connectivity index (χ1n) is 5.87. The molecule has 1 heterocycles. The van der Waals surface area contributed by atoms with Crippen molar-refractivity contribution in [3.05, 3.63) is 58.8 Å². The molecule has 0 saturated heterocycles. The molecule has 0 saturated carbocycles. The summed E-state index contributed by atoms with van der Waals surface area (Å²) in [6.07, 6.45) is 1.63. The zero-order valence-corrected chi connectivity index (χ0v) is 10.7. The van der Waals surface area contributed by atoms with E-state index in [4.69, 9.17) is 5.73 Å². The molecule has 0 bridgehead atoms. The van der Waals surface area contributed by atoms with Gasteiger partial charge in [-0.1, -0.05) is 0 Å². The molecule has 1 aromatic heterocycles. The van der Waals surface area contributed by atoms with E-state index in [1.165, 1.54) is 0 Å². The lowest BCUT2D eigenvalue weighted by Crippen LogP contribution is -2.21. The van der Waals surface area contributed by atoms with Gasteiger partial charge in [0.15, 0.2) is 0 Å². The van der Waals surface area contributed by atoms with Gasteiger partial charge in [-0.2, -0.15) is 0 Å². The molecular weight excluding hydrogens is 248 g/mol. The zero-order valence-electron chi connectivity index (χ0n) is 10.7. The van der Waals surface area contributed by atoms with Crippen molar-refractivity contribution in [3.8, 4) is 0 Å². The van der Waals surface area contributed by atoms with Gasteiger partial charge in [0.2, 0.25) is 0 Å². The first-order valence-corrected chi connectivity index (χ1v) is 5.87. The molecule has 3 nitrogen and oxygen atoms in total. The molecule has 1 atom stereocenters. The highest BCUT2D eigenvalue weighted by Crippen LogP contribution is 2.28. The summed E-state index contributed by atoms with van der Waals surface area (Å²) in [6, 6.07) is 4.63. The molecule has 19 heavy (non-hydrogen) atoms. The summed E-state index contributed by atoms with van der Waals surface area (Å²) in [5.41, 5.74) is 7.57. The predicted molar refractivity (Wildman–Crippen MR) is 70.6 cm³/mol. The third-order valence-electron chi connectivity index (χ3n) is 2.95. The van der Waals surface area contributed by atoms with Crippen LogP contribution in [0.15, 0.2) is 30.5 Å². The number of aromatic nitrogens is 1. The Morgan fingerprint density at radius 3 is 2.63 bits per heavy atom. The summed E-state index contributed by atoms with van der Waals surface area (Å²) in [4.78, 5) is 4.05.